The second kappa shape index (κ2) is 7.78. The molecule has 25 heavy (non-hydrogen) atoms. The number of nitrogens with zero attached hydrogens (tertiary/aromatic N) is 2. The normalized spacial score (nSPS) is 11.7. The van der Waals surface area contributed by atoms with Crippen LogP contribution in [0.4, 0.5) is 4.39 Å². The molecule has 0 spiro atoms. The van der Waals surface area contributed by atoms with Gasteiger partial charge in [-0.05, 0) is 45.0 Å². The summed E-state index contributed by atoms with van der Waals surface area (Å²) < 4.78 is 19.9. The second-order valence-electron chi connectivity index (χ2n) is 5.70. The summed E-state index contributed by atoms with van der Waals surface area (Å²) in [4.78, 5) is 24.0. The number of halogens is 1. The molecule has 1 aromatic carbocycles. The number of amides is 2. The predicted molar refractivity (Wildman–Crippen MR) is 89.2 cm³/mol. The predicted octanol–water partition coefficient (Wildman–Crippen LogP) is 1.33. The highest BCUT2D eigenvalue weighted by molar-refractivity contribution is 5.85. The zero-order chi connectivity index (χ0) is 18.6. The third-order valence-corrected chi connectivity index (χ3v) is 3.82. The van der Waals surface area contributed by atoms with Crippen LogP contribution < -0.4 is 15.6 Å². The van der Waals surface area contributed by atoms with E-state index in [2.05, 4.69) is 16.0 Å². The molecule has 0 aliphatic carbocycles. The number of hydrazine groups is 1. The summed E-state index contributed by atoms with van der Waals surface area (Å²) in [5.41, 5.74) is 7.16. The molecule has 1 atom stereocenters. The first kappa shape index (κ1) is 18.4. The Morgan fingerprint density at radius 1 is 1.24 bits per heavy atom. The first-order valence-electron chi connectivity index (χ1n) is 7.78. The van der Waals surface area contributed by atoms with Gasteiger partial charge >= 0.3 is 0 Å². The van der Waals surface area contributed by atoms with E-state index < -0.39 is 17.8 Å². The number of carbonyl (C=O) groups excluding carboxylic acids is 2. The van der Waals surface area contributed by atoms with E-state index in [4.69, 9.17) is 4.74 Å². The van der Waals surface area contributed by atoms with E-state index in [1.54, 1.807) is 11.7 Å². The molecular weight excluding hydrogens is 327 g/mol. The van der Waals surface area contributed by atoms with Crippen LogP contribution in [0, 0.1) is 19.7 Å². The Morgan fingerprint density at radius 2 is 1.88 bits per heavy atom. The molecule has 0 bridgehead atoms. The Labute approximate surface area is 145 Å². The van der Waals surface area contributed by atoms with Crippen LogP contribution >= 0.6 is 0 Å². The maximum absolute atomic E-state index is 12.8. The van der Waals surface area contributed by atoms with Crippen LogP contribution in [-0.4, -0.2) is 27.7 Å². The fourth-order valence-corrected chi connectivity index (χ4v) is 2.28. The van der Waals surface area contributed by atoms with Crippen molar-refractivity contribution in [2.45, 2.75) is 33.3 Å². The highest BCUT2D eigenvalue weighted by atomic mass is 19.1. The lowest BCUT2D eigenvalue weighted by Crippen LogP contribution is -2.47. The van der Waals surface area contributed by atoms with Crippen LogP contribution in [0.5, 0.6) is 5.75 Å². The van der Waals surface area contributed by atoms with Crippen molar-refractivity contribution in [2.75, 3.05) is 0 Å². The van der Waals surface area contributed by atoms with Gasteiger partial charge in [-0.1, -0.05) is 0 Å². The van der Waals surface area contributed by atoms with Crippen molar-refractivity contribution >= 4 is 11.8 Å². The molecule has 0 fully saturated rings. The van der Waals surface area contributed by atoms with Crippen molar-refractivity contribution in [1.82, 2.24) is 20.6 Å². The van der Waals surface area contributed by atoms with Crippen LogP contribution in [0.3, 0.4) is 0 Å². The maximum atomic E-state index is 12.8. The maximum Gasteiger partial charge on any atom is 0.279 e. The molecule has 0 saturated carbocycles. The molecule has 0 aliphatic heterocycles. The number of hydrogen-bond donors (Lipinski definition) is 2. The van der Waals surface area contributed by atoms with Gasteiger partial charge in [-0.15, -0.1) is 0 Å². The molecular formula is C17H21FN4O3. The Bertz CT molecular complexity index is 771. The highest BCUT2D eigenvalue weighted by Crippen LogP contribution is 2.13. The van der Waals surface area contributed by atoms with Crippen molar-refractivity contribution < 1.29 is 18.7 Å². The molecule has 7 nitrogen and oxygen atoms in total. The lowest BCUT2D eigenvalue weighted by molar-refractivity contribution is -0.132. The van der Waals surface area contributed by atoms with E-state index in [9.17, 15) is 14.0 Å². The zero-order valence-corrected chi connectivity index (χ0v) is 14.6. The molecule has 8 heteroatoms. The van der Waals surface area contributed by atoms with Gasteiger partial charge in [-0.2, -0.15) is 5.10 Å². The SMILES string of the molecule is Cc1nn(C)c(C)c1CC(=O)NNC(=O)C(C)Oc1ccc(F)cc1. The molecule has 0 aliphatic rings. The number of carbonyl (C=O) groups is 2. The van der Waals surface area contributed by atoms with Gasteiger partial charge in [-0.3, -0.25) is 25.1 Å². The van der Waals surface area contributed by atoms with E-state index in [1.165, 1.54) is 31.2 Å². The number of rotatable bonds is 5. The van der Waals surface area contributed by atoms with Crippen molar-refractivity contribution in [3.8, 4) is 5.75 Å². The molecule has 2 amide bonds. The van der Waals surface area contributed by atoms with Crippen LogP contribution in [0.1, 0.15) is 23.9 Å². The first-order chi connectivity index (χ1) is 11.8. The minimum absolute atomic E-state index is 0.110. The van der Waals surface area contributed by atoms with Crippen LogP contribution in [-0.2, 0) is 23.1 Å². The van der Waals surface area contributed by atoms with E-state index in [0.717, 1.165) is 17.0 Å². The Hall–Kier alpha value is -2.90. The van der Waals surface area contributed by atoms with Gasteiger partial charge in [-0.25, -0.2) is 4.39 Å². The molecule has 2 rings (SSSR count). The Morgan fingerprint density at radius 3 is 2.44 bits per heavy atom. The van der Waals surface area contributed by atoms with Gasteiger partial charge in [0.15, 0.2) is 6.10 Å². The number of ether oxygens (including phenoxy) is 1. The van der Waals surface area contributed by atoms with Gasteiger partial charge in [0.1, 0.15) is 11.6 Å². The minimum atomic E-state index is -0.854. The van der Waals surface area contributed by atoms with Gasteiger partial charge in [0.25, 0.3) is 5.91 Å². The average Bonchev–Trinajstić information content (AvgIpc) is 2.81. The summed E-state index contributed by atoms with van der Waals surface area (Å²) in [5.74, 6) is -0.909. The Kier molecular flexibility index (Phi) is 5.74. The lowest BCUT2D eigenvalue weighted by Gasteiger charge is -2.15. The van der Waals surface area contributed by atoms with Gasteiger partial charge < -0.3 is 4.74 Å². The Balaban J connectivity index is 1.84. The van der Waals surface area contributed by atoms with E-state index in [-0.39, 0.29) is 12.3 Å². The molecule has 0 saturated heterocycles. The summed E-state index contributed by atoms with van der Waals surface area (Å²) in [6.07, 6.45) is -0.744. The van der Waals surface area contributed by atoms with E-state index in [1.807, 2.05) is 13.8 Å². The minimum Gasteiger partial charge on any atom is -0.481 e. The topological polar surface area (TPSA) is 85.3 Å². The summed E-state index contributed by atoms with van der Waals surface area (Å²) in [7, 11) is 1.81. The molecule has 2 N–H and O–H groups in total. The van der Waals surface area contributed by atoms with Gasteiger partial charge in [0.05, 0.1) is 12.1 Å². The number of aryl methyl sites for hydroxylation is 2. The average molecular weight is 348 g/mol. The fraction of sp³-hybridized carbons (Fsp3) is 0.353. The standard InChI is InChI=1S/C17H21FN4O3/c1-10-15(11(2)22(4)21-10)9-16(23)19-20-17(24)12(3)25-14-7-5-13(18)6-8-14/h5-8,12H,9H2,1-4H3,(H,19,23)(H,20,24). The molecule has 1 heterocycles. The number of nitrogens with one attached hydrogen (secondary N) is 2. The largest absolute Gasteiger partial charge is 0.481 e. The molecule has 1 unspecified atom stereocenters. The third kappa shape index (κ3) is 4.79. The second-order valence-corrected chi connectivity index (χ2v) is 5.70. The summed E-state index contributed by atoms with van der Waals surface area (Å²) in [6, 6.07) is 5.32. The monoisotopic (exact) mass is 348 g/mol. The zero-order valence-electron chi connectivity index (χ0n) is 14.6. The van der Waals surface area contributed by atoms with Crippen molar-refractivity contribution in [2.24, 2.45) is 7.05 Å². The summed E-state index contributed by atoms with van der Waals surface area (Å²) >= 11 is 0. The molecule has 0 radical (unpaired) electrons. The number of aromatic nitrogens is 2. The summed E-state index contributed by atoms with van der Waals surface area (Å²) in [6.45, 7) is 5.23. The van der Waals surface area contributed by atoms with Crippen LogP contribution in [0.15, 0.2) is 24.3 Å². The summed E-state index contributed by atoms with van der Waals surface area (Å²) in [5, 5.41) is 4.24. The van der Waals surface area contributed by atoms with E-state index in [0.29, 0.717) is 5.75 Å². The number of hydrogen-bond acceptors (Lipinski definition) is 4. The first-order valence-corrected chi connectivity index (χ1v) is 7.78. The van der Waals surface area contributed by atoms with Crippen LogP contribution in [0.2, 0.25) is 0 Å². The van der Waals surface area contributed by atoms with Gasteiger partial charge in [0.2, 0.25) is 5.91 Å². The van der Waals surface area contributed by atoms with Crippen molar-refractivity contribution in [1.29, 1.82) is 0 Å². The molecule has 1 aromatic heterocycles. The quantitative estimate of drug-likeness (QED) is 0.799. The van der Waals surface area contributed by atoms with Crippen LogP contribution in [0.25, 0.3) is 0 Å². The third-order valence-electron chi connectivity index (χ3n) is 3.82. The highest BCUT2D eigenvalue weighted by Gasteiger charge is 2.17. The van der Waals surface area contributed by atoms with Gasteiger partial charge in [0, 0.05) is 18.3 Å². The fourth-order valence-electron chi connectivity index (χ4n) is 2.28. The van der Waals surface area contributed by atoms with Crippen molar-refractivity contribution in [3.05, 3.63) is 47.0 Å². The lowest BCUT2D eigenvalue weighted by atomic mass is 10.1. The smallest absolute Gasteiger partial charge is 0.279 e. The van der Waals surface area contributed by atoms with E-state index >= 15 is 0 Å². The number of benzene rings is 1. The van der Waals surface area contributed by atoms with Crippen molar-refractivity contribution in [3.63, 3.8) is 0 Å². The molecule has 2 aromatic rings. The molecule has 134 valence electrons.